The Hall–Kier alpha value is -1.62. The van der Waals surface area contributed by atoms with Crippen LogP contribution in [0.4, 0.5) is 0 Å². The van der Waals surface area contributed by atoms with Gasteiger partial charge in [-0.25, -0.2) is 0 Å². The molecule has 1 aliphatic heterocycles. The third-order valence-corrected chi connectivity index (χ3v) is 2.88. The Labute approximate surface area is 103 Å². The van der Waals surface area contributed by atoms with Gasteiger partial charge < -0.3 is 10.0 Å². The van der Waals surface area contributed by atoms with Crippen LogP contribution in [-0.4, -0.2) is 40.0 Å². The Morgan fingerprint density at radius 2 is 2.24 bits per heavy atom. The van der Waals surface area contributed by atoms with E-state index in [1.54, 1.807) is 11.0 Å². The van der Waals surface area contributed by atoms with Crippen molar-refractivity contribution in [2.24, 2.45) is 5.92 Å². The summed E-state index contributed by atoms with van der Waals surface area (Å²) in [6.45, 7) is 0.943. The summed E-state index contributed by atoms with van der Waals surface area (Å²) in [5.74, 6) is -0.979. The number of aromatic nitrogens is 1. The quantitative estimate of drug-likeness (QED) is 0.882. The maximum Gasteiger partial charge on any atom is 0.303 e. The minimum Gasteiger partial charge on any atom is -0.481 e. The van der Waals surface area contributed by atoms with Crippen LogP contribution in [0.25, 0.3) is 0 Å². The fourth-order valence-electron chi connectivity index (χ4n) is 1.80. The lowest BCUT2D eigenvalue weighted by molar-refractivity contribution is -0.139. The molecule has 1 aromatic rings. The van der Waals surface area contributed by atoms with Crippen LogP contribution in [0.5, 0.6) is 0 Å². The van der Waals surface area contributed by atoms with E-state index in [1.807, 2.05) is 0 Å². The number of hydrogen-bond donors (Lipinski definition) is 1. The van der Waals surface area contributed by atoms with E-state index in [2.05, 4.69) is 4.98 Å². The third kappa shape index (κ3) is 2.74. The Morgan fingerprint density at radius 3 is 2.82 bits per heavy atom. The monoisotopic (exact) mass is 254 g/mol. The van der Waals surface area contributed by atoms with Crippen LogP contribution in [0.1, 0.15) is 16.9 Å². The molecule has 5 nitrogen and oxygen atoms in total. The Balaban J connectivity index is 1.93. The Kier molecular flexibility index (Phi) is 3.28. The summed E-state index contributed by atoms with van der Waals surface area (Å²) >= 11 is 5.76. The van der Waals surface area contributed by atoms with Gasteiger partial charge in [0.1, 0.15) is 5.69 Å². The van der Waals surface area contributed by atoms with Crippen molar-refractivity contribution in [3.8, 4) is 0 Å². The second-order valence-electron chi connectivity index (χ2n) is 4.03. The fourth-order valence-corrected chi connectivity index (χ4v) is 1.96. The lowest BCUT2D eigenvalue weighted by Gasteiger charge is -2.38. The fraction of sp³-hybridized carbons (Fsp3) is 0.364. The van der Waals surface area contributed by atoms with E-state index in [-0.39, 0.29) is 18.2 Å². The molecule has 1 saturated heterocycles. The first-order valence-electron chi connectivity index (χ1n) is 5.19. The van der Waals surface area contributed by atoms with Crippen molar-refractivity contribution in [1.29, 1.82) is 0 Å². The van der Waals surface area contributed by atoms with Crippen LogP contribution in [0.15, 0.2) is 18.3 Å². The van der Waals surface area contributed by atoms with Gasteiger partial charge in [-0.3, -0.25) is 14.6 Å². The molecular weight excluding hydrogens is 244 g/mol. The number of hydrogen-bond acceptors (Lipinski definition) is 3. The minimum absolute atomic E-state index is 0.0515. The van der Waals surface area contributed by atoms with Gasteiger partial charge in [-0.1, -0.05) is 11.6 Å². The van der Waals surface area contributed by atoms with E-state index >= 15 is 0 Å². The van der Waals surface area contributed by atoms with Crippen LogP contribution in [0.3, 0.4) is 0 Å². The van der Waals surface area contributed by atoms with Gasteiger partial charge in [0.25, 0.3) is 5.91 Å². The smallest absolute Gasteiger partial charge is 0.303 e. The van der Waals surface area contributed by atoms with Gasteiger partial charge in [0, 0.05) is 30.2 Å². The van der Waals surface area contributed by atoms with Crippen molar-refractivity contribution in [2.75, 3.05) is 13.1 Å². The average molecular weight is 255 g/mol. The van der Waals surface area contributed by atoms with E-state index in [9.17, 15) is 9.59 Å². The lowest BCUT2D eigenvalue weighted by Crippen LogP contribution is -2.50. The van der Waals surface area contributed by atoms with Crippen LogP contribution >= 0.6 is 11.6 Å². The van der Waals surface area contributed by atoms with Crippen molar-refractivity contribution in [1.82, 2.24) is 9.88 Å². The molecule has 0 aliphatic carbocycles. The summed E-state index contributed by atoms with van der Waals surface area (Å²) in [5, 5.41) is 9.06. The van der Waals surface area contributed by atoms with E-state index in [1.165, 1.54) is 12.3 Å². The normalized spacial score (nSPS) is 15.5. The molecule has 1 aliphatic rings. The molecule has 6 heteroatoms. The van der Waals surface area contributed by atoms with Gasteiger partial charge >= 0.3 is 5.97 Å². The first-order chi connectivity index (χ1) is 8.06. The number of aliphatic carboxylic acids is 1. The molecule has 0 saturated carbocycles. The van der Waals surface area contributed by atoms with Crippen molar-refractivity contribution in [3.05, 3.63) is 29.0 Å². The molecule has 0 aromatic carbocycles. The summed E-state index contributed by atoms with van der Waals surface area (Å²) < 4.78 is 0. The number of rotatable bonds is 3. The number of carboxylic acid groups (broad SMARTS) is 1. The zero-order valence-electron chi connectivity index (χ0n) is 8.97. The summed E-state index contributed by atoms with van der Waals surface area (Å²) in [6, 6.07) is 3.11. The van der Waals surface area contributed by atoms with Gasteiger partial charge in [0.2, 0.25) is 0 Å². The molecule has 0 unspecified atom stereocenters. The van der Waals surface area contributed by atoms with Gasteiger partial charge in [-0.15, -0.1) is 0 Å². The maximum atomic E-state index is 11.9. The molecule has 2 heterocycles. The number of carboxylic acids is 1. The van der Waals surface area contributed by atoms with Gasteiger partial charge in [-0.05, 0) is 12.1 Å². The SMILES string of the molecule is O=C(O)CC1CN(C(=O)c2cc(Cl)ccn2)C1. The van der Waals surface area contributed by atoms with E-state index in [0.717, 1.165) is 0 Å². The number of halogens is 1. The van der Waals surface area contributed by atoms with E-state index < -0.39 is 5.97 Å². The molecule has 1 amide bonds. The summed E-state index contributed by atoms with van der Waals surface area (Å²) in [4.78, 5) is 27.8. The van der Waals surface area contributed by atoms with Crippen molar-refractivity contribution >= 4 is 23.5 Å². The number of pyridine rings is 1. The summed E-state index contributed by atoms with van der Waals surface area (Å²) in [6.07, 6.45) is 1.58. The molecular formula is C11H11ClN2O3. The maximum absolute atomic E-state index is 11.9. The van der Waals surface area contributed by atoms with Crippen molar-refractivity contribution in [2.45, 2.75) is 6.42 Å². The molecule has 0 atom stereocenters. The highest BCUT2D eigenvalue weighted by Crippen LogP contribution is 2.21. The zero-order valence-corrected chi connectivity index (χ0v) is 9.72. The highest BCUT2D eigenvalue weighted by molar-refractivity contribution is 6.30. The van der Waals surface area contributed by atoms with Gasteiger partial charge in [0.05, 0.1) is 6.42 Å². The number of nitrogens with zero attached hydrogens (tertiary/aromatic N) is 2. The van der Waals surface area contributed by atoms with E-state index in [4.69, 9.17) is 16.7 Å². The molecule has 1 N–H and O–H groups in total. The molecule has 90 valence electrons. The highest BCUT2D eigenvalue weighted by atomic mass is 35.5. The number of carbonyl (C=O) groups excluding carboxylic acids is 1. The van der Waals surface area contributed by atoms with E-state index in [0.29, 0.717) is 23.8 Å². The first kappa shape index (κ1) is 11.9. The van der Waals surface area contributed by atoms with Crippen LogP contribution in [0.2, 0.25) is 5.02 Å². The first-order valence-corrected chi connectivity index (χ1v) is 5.56. The van der Waals surface area contributed by atoms with Gasteiger partial charge in [0.15, 0.2) is 0 Å². The molecule has 1 aromatic heterocycles. The Morgan fingerprint density at radius 1 is 1.53 bits per heavy atom. The molecule has 17 heavy (non-hydrogen) atoms. The number of carbonyl (C=O) groups is 2. The molecule has 2 rings (SSSR count). The second-order valence-corrected chi connectivity index (χ2v) is 4.47. The minimum atomic E-state index is -0.831. The standard InChI is InChI=1S/C11H11ClN2O3/c12-8-1-2-13-9(4-8)11(17)14-5-7(6-14)3-10(15)16/h1-2,4,7H,3,5-6H2,(H,15,16). The molecule has 1 fully saturated rings. The van der Waals surface area contributed by atoms with Crippen LogP contribution < -0.4 is 0 Å². The number of likely N-dealkylation sites (tertiary alicyclic amines) is 1. The lowest BCUT2D eigenvalue weighted by atomic mass is 9.96. The van der Waals surface area contributed by atoms with Gasteiger partial charge in [-0.2, -0.15) is 0 Å². The Bertz CT molecular complexity index is 458. The predicted octanol–water partition coefficient (Wildman–Crippen LogP) is 1.28. The van der Waals surface area contributed by atoms with Crippen LogP contribution in [0, 0.1) is 5.92 Å². The van der Waals surface area contributed by atoms with Crippen molar-refractivity contribution in [3.63, 3.8) is 0 Å². The number of amides is 1. The third-order valence-electron chi connectivity index (χ3n) is 2.65. The van der Waals surface area contributed by atoms with Crippen molar-refractivity contribution < 1.29 is 14.7 Å². The molecule has 0 spiro atoms. The largest absolute Gasteiger partial charge is 0.481 e. The summed E-state index contributed by atoms with van der Waals surface area (Å²) in [5.41, 5.74) is 0.297. The second kappa shape index (κ2) is 4.71. The highest BCUT2D eigenvalue weighted by Gasteiger charge is 2.32. The molecule has 0 radical (unpaired) electrons. The van der Waals surface area contributed by atoms with Crippen LogP contribution in [-0.2, 0) is 4.79 Å². The molecule has 0 bridgehead atoms. The predicted molar refractivity (Wildman–Crippen MR) is 60.9 cm³/mol. The topological polar surface area (TPSA) is 70.5 Å². The summed E-state index contributed by atoms with van der Waals surface area (Å²) in [7, 11) is 0. The average Bonchev–Trinajstić information content (AvgIpc) is 2.21. The zero-order chi connectivity index (χ0) is 12.4.